The highest BCUT2D eigenvalue weighted by molar-refractivity contribution is 7.89. The van der Waals surface area contributed by atoms with Crippen LogP contribution in [-0.4, -0.2) is 37.6 Å². The topological polar surface area (TPSA) is 78.0 Å². The van der Waals surface area contributed by atoms with E-state index in [1.807, 2.05) is 0 Å². The number of nitrogens with zero attached hydrogens (tertiary/aromatic N) is 2. The molecule has 0 saturated carbocycles. The molecule has 0 atom stereocenters. The quantitative estimate of drug-likeness (QED) is 0.844. The standard InChI is InChI=1S/C16H16N2O5S/c19-24(20,18-7-1-2-8-18)13-4-6-16(17-10-13)23-12-3-5-14-15(9-12)22-11-21-14/h3-6,9-10H,1-2,7-8,11H2. The van der Waals surface area contributed by atoms with Gasteiger partial charge in [-0.2, -0.15) is 4.31 Å². The second-order valence-electron chi connectivity index (χ2n) is 5.56. The van der Waals surface area contributed by atoms with Gasteiger partial charge >= 0.3 is 0 Å². The van der Waals surface area contributed by atoms with Crippen LogP contribution in [0.5, 0.6) is 23.1 Å². The van der Waals surface area contributed by atoms with Gasteiger partial charge in [-0.15, -0.1) is 0 Å². The Morgan fingerprint density at radius 1 is 1.04 bits per heavy atom. The molecule has 0 radical (unpaired) electrons. The molecule has 1 fully saturated rings. The van der Waals surface area contributed by atoms with Crippen molar-refractivity contribution in [2.75, 3.05) is 19.9 Å². The van der Waals surface area contributed by atoms with E-state index < -0.39 is 10.0 Å². The number of ether oxygens (including phenoxy) is 3. The highest BCUT2D eigenvalue weighted by atomic mass is 32.2. The molecule has 0 N–H and O–H groups in total. The smallest absolute Gasteiger partial charge is 0.244 e. The first kappa shape index (κ1) is 15.2. The van der Waals surface area contributed by atoms with E-state index in [1.165, 1.54) is 16.6 Å². The maximum absolute atomic E-state index is 12.4. The molecule has 2 aromatic rings. The zero-order chi connectivity index (χ0) is 16.6. The summed E-state index contributed by atoms with van der Waals surface area (Å²) in [6, 6.07) is 8.27. The molecule has 2 aliphatic heterocycles. The van der Waals surface area contributed by atoms with Gasteiger partial charge in [0.15, 0.2) is 11.5 Å². The van der Waals surface area contributed by atoms with E-state index in [2.05, 4.69) is 4.98 Å². The van der Waals surface area contributed by atoms with Gasteiger partial charge in [-0.25, -0.2) is 13.4 Å². The van der Waals surface area contributed by atoms with Crippen LogP contribution in [0, 0.1) is 0 Å². The van der Waals surface area contributed by atoms with Gasteiger partial charge in [0.2, 0.25) is 22.7 Å². The fraction of sp³-hybridized carbons (Fsp3) is 0.312. The third-order valence-corrected chi connectivity index (χ3v) is 5.86. The highest BCUT2D eigenvalue weighted by Gasteiger charge is 2.27. The monoisotopic (exact) mass is 348 g/mol. The summed E-state index contributed by atoms with van der Waals surface area (Å²) in [5.41, 5.74) is 0. The Bertz CT molecular complexity index is 845. The van der Waals surface area contributed by atoms with Crippen LogP contribution in [0.15, 0.2) is 41.4 Å². The number of pyridine rings is 1. The minimum Gasteiger partial charge on any atom is -0.454 e. The van der Waals surface area contributed by atoms with Gasteiger partial charge in [0, 0.05) is 25.2 Å². The predicted molar refractivity (Wildman–Crippen MR) is 84.9 cm³/mol. The SMILES string of the molecule is O=S(=O)(c1ccc(Oc2ccc3c(c2)OCO3)nc1)N1CCCC1. The number of aromatic nitrogens is 1. The summed E-state index contributed by atoms with van der Waals surface area (Å²) in [7, 11) is -3.46. The Hall–Kier alpha value is -2.32. The summed E-state index contributed by atoms with van der Waals surface area (Å²) in [5, 5.41) is 0. The molecule has 1 aromatic heterocycles. The number of hydrogen-bond acceptors (Lipinski definition) is 6. The normalized spacial score (nSPS) is 17.2. The first-order chi connectivity index (χ1) is 11.6. The van der Waals surface area contributed by atoms with Gasteiger partial charge in [0.05, 0.1) is 6.20 Å². The molecule has 0 amide bonds. The molecule has 24 heavy (non-hydrogen) atoms. The Balaban J connectivity index is 1.51. The predicted octanol–water partition coefficient (Wildman–Crippen LogP) is 2.39. The van der Waals surface area contributed by atoms with E-state index in [9.17, 15) is 8.42 Å². The molecule has 0 spiro atoms. The van der Waals surface area contributed by atoms with Crippen molar-refractivity contribution in [2.24, 2.45) is 0 Å². The van der Waals surface area contributed by atoms with E-state index >= 15 is 0 Å². The summed E-state index contributed by atoms with van der Waals surface area (Å²) in [6.07, 6.45) is 3.13. The van der Waals surface area contributed by atoms with Crippen LogP contribution in [0.1, 0.15) is 12.8 Å². The molecule has 3 heterocycles. The molecule has 1 saturated heterocycles. The molecular weight excluding hydrogens is 332 g/mol. The van der Waals surface area contributed by atoms with Crippen LogP contribution in [0.2, 0.25) is 0 Å². The lowest BCUT2D eigenvalue weighted by Gasteiger charge is -2.15. The molecule has 126 valence electrons. The fourth-order valence-corrected chi connectivity index (χ4v) is 4.18. The highest BCUT2D eigenvalue weighted by Crippen LogP contribution is 2.36. The maximum atomic E-state index is 12.4. The first-order valence-corrected chi connectivity index (χ1v) is 9.11. The van der Waals surface area contributed by atoms with Crippen molar-refractivity contribution in [1.29, 1.82) is 0 Å². The van der Waals surface area contributed by atoms with Crippen molar-refractivity contribution in [1.82, 2.24) is 9.29 Å². The molecule has 0 unspecified atom stereocenters. The number of sulfonamides is 1. The molecule has 0 bridgehead atoms. The molecule has 7 nitrogen and oxygen atoms in total. The van der Waals surface area contributed by atoms with Gasteiger partial charge in [0.25, 0.3) is 0 Å². The van der Waals surface area contributed by atoms with Crippen molar-refractivity contribution in [3.63, 3.8) is 0 Å². The van der Waals surface area contributed by atoms with E-state index in [0.717, 1.165) is 12.8 Å². The molecule has 4 rings (SSSR count). The Morgan fingerprint density at radius 2 is 1.83 bits per heavy atom. The lowest BCUT2D eigenvalue weighted by atomic mass is 10.3. The van der Waals surface area contributed by atoms with Crippen molar-refractivity contribution in [2.45, 2.75) is 17.7 Å². The zero-order valence-corrected chi connectivity index (χ0v) is 13.7. The lowest BCUT2D eigenvalue weighted by molar-refractivity contribution is 0.174. The second-order valence-corrected chi connectivity index (χ2v) is 7.50. The fourth-order valence-electron chi connectivity index (χ4n) is 2.72. The summed E-state index contributed by atoms with van der Waals surface area (Å²) >= 11 is 0. The van der Waals surface area contributed by atoms with E-state index in [-0.39, 0.29) is 11.7 Å². The second kappa shape index (κ2) is 5.95. The number of rotatable bonds is 4. The Kier molecular flexibility index (Phi) is 3.78. The number of benzene rings is 1. The summed E-state index contributed by atoms with van der Waals surface area (Å²) in [6.45, 7) is 1.33. The van der Waals surface area contributed by atoms with E-state index in [0.29, 0.717) is 36.2 Å². The van der Waals surface area contributed by atoms with Crippen LogP contribution in [0.25, 0.3) is 0 Å². The summed E-state index contributed by atoms with van der Waals surface area (Å²) < 4.78 is 42.6. The Morgan fingerprint density at radius 3 is 2.58 bits per heavy atom. The van der Waals surface area contributed by atoms with Crippen LogP contribution in [-0.2, 0) is 10.0 Å². The average molecular weight is 348 g/mol. The zero-order valence-electron chi connectivity index (χ0n) is 12.8. The third kappa shape index (κ3) is 2.78. The number of hydrogen-bond donors (Lipinski definition) is 0. The first-order valence-electron chi connectivity index (χ1n) is 7.67. The van der Waals surface area contributed by atoms with Gasteiger partial charge in [0.1, 0.15) is 10.6 Å². The van der Waals surface area contributed by atoms with E-state index in [1.54, 1.807) is 24.3 Å². The van der Waals surface area contributed by atoms with Crippen molar-refractivity contribution in [3.8, 4) is 23.1 Å². The lowest BCUT2D eigenvalue weighted by Crippen LogP contribution is -2.27. The van der Waals surface area contributed by atoms with Crippen LogP contribution in [0.4, 0.5) is 0 Å². The molecule has 1 aromatic carbocycles. The minimum absolute atomic E-state index is 0.183. The number of fused-ring (bicyclic) bond motifs is 1. The van der Waals surface area contributed by atoms with Gasteiger partial charge < -0.3 is 14.2 Å². The average Bonchev–Trinajstić information content (AvgIpc) is 3.27. The maximum Gasteiger partial charge on any atom is 0.244 e. The van der Waals surface area contributed by atoms with Crippen LogP contribution < -0.4 is 14.2 Å². The Labute approximate surface area is 139 Å². The van der Waals surface area contributed by atoms with Gasteiger partial charge in [-0.3, -0.25) is 0 Å². The van der Waals surface area contributed by atoms with Crippen molar-refractivity contribution < 1.29 is 22.6 Å². The minimum atomic E-state index is -3.46. The van der Waals surface area contributed by atoms with Gasteiger partial charge in [-0.1, -0.05) is 0 Å². The molecule has 0 aliphatic carbocycles. The van der Waals surface area contributed by atoms with Crippen LogP contribution >= 0.6 is 0 Å². The van der Waals surface area contributed by atoms with Crippen molar-refractivity contribution in [3.05, 3.63) is 36.5 Å². The molecule has 2 aliphatic rings. The third-order valence-electron chi connectivity index (χ3n) is 3.98. The van der Waals surface area contributed by atoms with Gasteiger partial charge in [-0.05, 0) is 31.0 Å². The molecule has 8 heteroatoms. The van der Waals surface area contributed by atoms with E-state index in [4.69, 9.17) is 14.2 Å². The summed E-state index contributed by atoms with van der Waals surface area (Å²) in [5.74, 6) is 2.14. The summed E-state index contributed by atoms with van der Waals surface area (Å²) in [4.78, 5) is 4.29. The molecular formula is C16H16N2O5S. The largest absolute Gasteiger partial charge is 0.454 e. The van der Waals surface area contributed by atoms with Crippen LogP contribution in [0.3, 0.4) is 0 Å². The van der Waals surface area contributed by atoms with Crippen molar-refractivity contribution >= 4 is 10.0 Å².